The van der Waals surface area contributed by atoms with Crippen molar-refractivity contribution >= 4 is 0 Å². The van der Waals surface area contributed by atoms with E-state index < -0.39 is 5.67 Å². The molecule has 0 aromatic rings. The van der Waals surface area contributed by atoms with E-state index in [1.165, 1.54) is 0 Å². The molecule has 0 atom stereocenters. The fourth-order valence-electron chi connectivity index (χ4n) is 1.67. The Kier molecular flexibility index (Phi) is 8.15. The summed E-state index contributed by atoms with van der Waals surface area (Å²) in [6, 6.07) is 0. The second kappa shape index (κ2) is 8.22. The lowest BCUT2D eigenvalue weighted by atomic mass is 9.93. The van der Waals surface area contributed by atoms with Gasteiger partial charge in [-0.3, -0.25) is 0 Å². The standard InChI is InChI=1S/C12H25FO/c1-3-5-7-9-12(13,11-14)10-8-6-4-2/h14H,3-11H2,1-2H3. The molecule has 0 spiro atoms. The fourth-order valence-corrected chi connectivity index (χ4v) is 1.67. The molecule has 1 N–H and O–H groups in total. The molecular formula is C12H25FO. The molecule has 2 heteroatoms. The van der Waals surface area contributed by atoms with Crippen molar-refractivity contribution in [3.8, 4) is 0 Å². The van der Waals surface area contributed by atoms with Gasteiger partial charge in [-0.2, -0.15) is 0 Å². The van der Waals surface area contributed by atoms with Crippen molar-refractivity contribution in [2.45, 2.75) is 70.9 Å². The Morgan fingerprint density at radius 1 is 0.929 bits per heavy atom. The van der Waals surface area contributed by atoms with E-state index in [4.69, 9.17) is 5.11 Å². The Morgan fingerprint density at radius 2 is 1.36 bits per heavy atom. The van der Waals surface area contributed by atoms with Crippen LogP contribution in [0.3, 0.4) is 0 Å². The number of halogens is 1. The van der Waals surface area contributed by atoms with Crippen molar-refractivity contribution in [1.29, 1.82) is 0 Å². The molecule has 0 aliphatic carbocycles. The van der Waals surface area contributed by atoms with Gasteiger partial charge < -0.3 is 5.11 Å². The SMILES string of the molecule is CCCCCC(F)(CO)CCCCC. The van der Waals surface area contributed by atoms with Crippen LogP contribution in [0.25, 0.3) is 0 Å². The van der Waals surface area contributed by atoms with E-state index >= 15 is 0 Å². The number of rotatable bonds is 9. The van der Waals surface area contributed by atoms with Crippen LogP contribution in [0.15, 0.2) is 0 Å². The second-order valence-corrected chi connectivity index (χ2v) is 4.22. The maximum absolute atomic E-state index is 13.9. The number of aliphatic hydroxyl groups is 1. The predicted octanol–water partition coefficient (Wildman–Crippen LogP) is 3.85. The van der Waals surface area contributed by atoms with E-state index in [9.17, 15) is 4.39 Å². The van der Waals surface area contributed by atoms with Gasteiger partial charge in [0.15, 0.2) is 0 Å². The van der Waals surface area contributed by atoms with Gasteiger partial charge in [0, 0.05) is 0 Å². The molecule has 0 rings (SSSR count). The van der Waals surface area contributed by atoms with Crippen LogP contribution in [-0.2, 0) is 0 Å². The van der Waals surface area contributed by atoms with E-state index in [0.717, 1.165) is 38.5 Å². The molecule has 0 amide bonds. The molecule has 0 aromatic heterocycles. The Balaban J connectivity index is 3.67. The van der Waals surface area contributed by atoms with Crippen molar-refractivity contribution < 1.29 is 9.50 Å². The molecule has 0 radical (unpaired) electrons. The fraction of sp³-hybridized carbons (Fsp3) is 1.00. The lowest BCUT2D eigenvalue weighted by Crippen LogP contribution is -2.27. The maximum Gasteiger partial charge on any atom is 0.134 e. The molecule has 0 aliphatic heterocycles. The molecule has 0 fully saturated rings. The third-order valence-electron chi connectivity index (χ3n) is 2.74. The smallest absolute Gasteiger partial charge is 0.134 e. The van der Waals surface area contributed by atoms with Gasteiger partial charge in [0.2, 0.25) is 0 Å². The molecule has 86 valence electrons. The van der Waals surface area contributed by atoms with Crippen molar-refractivity contribution in [1.82, 2.24) is 0 Å². The highest BCUT2D eigenvalue weighted by Crippen LogP contribution is 2.26. The zero-order valence-corrected chi connectivity index (χ0v) is 9.69. The zero-order valence-electron chi connectivity index (χ0n) is 9.69. The van der Waals surface area contributed by atoms with E-state index in [1.807, 2.05) is 0 Å². The summed E-state index contributed by atoms with van der Waals surface area (Å²) in [5.74, 6) is 0. The van der Waals surface area contributed by atoms with Crippen LogP contribution in [0, 0.1) is 0 Å². The molecule has 0 saturated carbocycles. The minimum atomic E-state index is -1.30. The molecule has 1 nitrogen and oxygen atoms in total. The van der Waals surface area contributed by atoms with Crippen LogP contribution in [0.1, 0.15) is 65.2 Å². The first kappa shape index (κ1) is 13.9. The van der Waals surface area contributed by atoms with E-state index in [1.54, 1.807) is 0 Å². The number of hydrogen-bond donors (Lipinski definition) is 1. The lowest BCUT2D eigenvalue weighted by Gasteiger charge is -2.22. The summed E-state index contributed by atoms with van der Waals surface area (Å²) in [5, 5.41) is 9.01. The summed E-state index contributed by atoms with van der Waals surface area (Å²) in [4.78, 5) is 0. The monoisotopic (exact) mass is 204 g/mol. The Bertz CT molecular complexity index is 115. The van der Waals surface area contributed by atoms with Crippen LogP contribution in [-0.4, -0.2) is 17.4 Å². The quantitative estimate of drug-likeness (QED) is 0.566. The molecular weight excluding hydrogens is 179 g/mol. The largest absolute Gasteiger partial charge is 0.393 e. The van der Waals surface area contributed by atoms with Crippen molar-refractivity contribution in [2.75, 3.05) is 6.61 Å². The first-order chi connectivity index (χ1) is 6.68. The van der Waals surface area contributed by atoms with Gasteiger partial charge in [0.05, 0.1) is 6.61 Å². The summed E-state index contributed by atoms with van der Waals surface area (Å²) in [6.07, 6.45) is 7.22. The number of unbranched alkanes of at least 4 members (excludes halogenated alkanes) is 4. The van der Waals surface area contributed by atoms with Gasteiger partial charge in [-0.15, -0.1) is 0 Å². The molecule has 0 bridgehead atoms. The minimum Gasteiger partial charge on any atom is -0.393 e. The Labute approximate surface area is 87.7 Å². The van der Waals surface area contributed by atoms with Crippen molar-refractivity contribution in [3.63, 3.8) is 0 Å². The molecule has 0 saturated heterocycles. The molecule has 0 aromatic carbocycles. The molecule has 14 heavy (non-hydrogen) atoms. The van der Waals surface area contributed by atoms with Crippen LogP contribution in [0.2, 0.25) is 0 Å². The average molecular weight is 204 g/mol. The third kappa shape index (κ3) is 6.36. The summed E-state index contributed by atoms with van der Waals surface area (Å²) in [7, 11) is 0. The van der Waals surface area contributed by atoms with E-state index in [2.05, 4.69) is 13.8 Å². The highest BCUT2D eigenvalue weighted by atomic mass is 19.1. The van der Waals surface area contributed by atoms with Crippen molar-refractivity contribution in [3.05, 3.63) is 0 Å². The molecule has 0 aliphatic rings. The first-order valence-electron chi connectivity index (χ1n) is 5.98. The van der Waals surface area contributed by atoms with Gasteiger partial charge >= 0.3 is 0 Å². The van der Waals surface area contributed by atoms with Gasteiger partial charge in [-0.05, 0) is 12.8 Å². The van der Waals surface area contributed by atoms with Crippen molar-refractivity contribution in [2.24, 2.45) is 0 Å². The van der Waals surface area contributed by atoms with Crippen LogP contribution < -0.4 is 0 Å². The summed E-state index contributed by atoms with van der Waals surface area (Å²) >= 11 is 0. The average Bonchev–Trinajstić information content (AvgIpc) is 2.19. The molecule has 0 heterocycles. The predicted molar refractivity (Wildman–Crippen MR) is 59.2 cm³/mol. The minimum absolute atomic E-state index is 0.305. The Morgan fingerprint density at radius 3 is 1.64 bits per heavy atom. The normalized spacial score (nSPS) is 12.0. The van der Waals surface area contributed by atoms with Gasteiger partial charge in [-0.25, -0.2) is 4.39 Å². The first-order valence-corrected chi connectivity index (χ1v) is 5.98. The highest BCUT2D eigenvalue weighted by Gasteiger charge is 2.27. The van der Waals surface area contributed by atoms with Gasteiger partial charge in [0.25, 0.3) is 0 Å². The third-order valence-corrected chi connectivity index (χ3v) is 2.74. The zero-order chi connectivity index (χ0) is 10.9. The lowest BCUT2D eigenvalue weighted by molar-refractivity contribution is 0.0497. The summed E-state index contributed by atoms with van der Waals surface area (Å²) < 4.78 is 13.9. The second-order valence-electron chi connectivity index (χ2n) is 4.22. The van der Waals surface area contributed by atoms with E-state index in [-0.39, 0.29) is 6.61 Å². The molecule has 0 unspecified atom stereocenters. The van der Waals surface area contributed by atoms with Gasteiger partial charge in [0.1, 0.15) is 5.67 Å². The van der Waals surface area contributed by atoms with Crippen LogP contribution in [0.5, 0.6) is 0 Å². The summed E-state index contributed by atoms with van der Waals surface area (Å²) in [5.41, 5.74) is -1.30. The van der Waals surface area contributed by atoms with E-state index in [0.29, 0.717) is 12.8 Å². The highest BCUT2D eigenvalue weighted by molar-refractivity contribution is 4.77. The number of aliphatic hydroxyl groups excluding tert-OH is 1. The Hall–Kier alpha value is -0.110. The maximum atomic E-state index is 13.9. The van der Waals surface area contributed by atoms with Crippen LogP contribution >= 0.6 is 0 Å². The topological polar surface area (TPSA) is 20.2 Å². The summed E-state index contributed by atoms with van der Waals surface area (Å²) in [6.45, 7) is 3.91. The van der Waals surface area contributed by atoms with Crippen LogP contribution in [0.4, 0.5) is 4.39 Å². The van der Waals surface area contributed by atoms with Gasteiger partial charge in [-0.1, -0.05) is 52.4 Å². The number of hydrogen-bond acceptors (Lipinski definition) is 1. The number of alkyl halides is 1.